The van der Waals surface area contributed by atoms with Crippen LogP contribution in [0.25, 0.3) is 0 Å². The van der Waals surface area contributed by atoms with E-state index in [1.807, 2.05) is 0 Å². The van der Waals surface area contributed by atoms with Gasteiger partial charge in [-0.1, -0.05) is 32.6 Å². The van der Waals surface area contributed by atoms with Crippen molar-refractivity contribution in [2.75, 3.05) is 14.1 Å². The van der Waals surface area contributed by atoms with Crippen molar-refractivity contribution in [2.24, 2.45) is 5.73 Å². The van der Waals surface area contributed by atoms with Crippen molar-refractivity contribution < 1.29 is 0 Å². The molecule has 1 aliphatic rings. The van der Waals surface area contributed by atoms with Crippen molar-refractivity contribution in [3.05, 3.63) is 0 Å². The van der Waals surface area contributed by atoms with Gasteiger partial charge in [-0.15, -0.1) is 0 Å². The molecule has 0 aromatic carbocycles. The molecular weight excluding hydrogens is 172 g/mol. The average Bonchev–Trinajstić information content (AvgIpc) is 2.19. The van der Waals surface area contributed by atoms with E-state index in [4.69, 9.17) is 5.73 Å². The lowest BCUT2D eigenvalue weighted by atomic mass is 9.74. The average molecular weight is 198 g/mol. The van der Waals surface area contributed by atoms with Crippen LogP contribution in [0.4, 0.5) is 0 Å². The van der Waals surface area contributed by atoms with E-state index in [1.54, 1.807) is 0 Å². The van der Waals surface area contributed by atoms with Crippen LogP contribution in [0.3, 0.4) is 0 Å². The number of hydrogen-bond acceptors (Lipinski definition) is 2. The number of hydrogen-bond donors (Lipinski definition) is 1. The second-order valence-corrected chi connectivity index (χ2v) is 4.95. The first kappa shape index (κ1) is 12.0. The summed E-state index contributed by atoms with van der Waals surface area (Å²) in [6, 6.07) is 0.364. The van der Waals surface area contributed by atoms with E-state index >= 15 is 0 Å². The smallest absolute Gasteiger partial charge is 0.0354 e. The minimum Gasteiger partial charge on any atom is -0.326 e. The van der Waals surface area contributed by atoms with Crippen LogP contribution in [0, 0.1) is 0 Å². The van der Waals surface area contributed by atoms with Gasteiger partial charge in [-0.25, -0.2) is 0 Å². The second-order valence-electron chi connectivity index (χ2n) is 4.95. The first-order chi connectivity index (χ1) is 6.63. The predicted molar refractivity (Wildman–Crippen MR) is 62.4 cm³/mol. The molecule has 14 heavy (non-hydrogen) atoms. The van der Waals surface area contributed by atoms with Crippen molar-refractivity contribution in [1.82, 2.24) is 4.90 Å². The maximum Gasteiger partial charge on any atom is 0.0354 e. The van der Waals surface area contributed by atoms with E-state index in [-0.39, 0.29) is 0 Å². The lowest BCUT2D eigenvalue weighted by Gasteiger charge is -2.47. The minimum atomic E-state index is 0.300. The van der Waals surface area contributed by atoms with E-state index in [0.29, 0.717) is 11.6 Å². The Balaban J connectivity index is 2.69. The van der Waals surface area contributed by atoms with Crippen LogP contribution >= 0.6 is 0 Å². The van der Waals surface area contributed by atoms with Crippen molar-refractivity contribution in [2.45, 2.75) is 63.5 Å². The monoisotopic (exact) mass is 198 g/mol. The molecule has 1 saturated carbocycles. The van der Waals surface area contributed by atoms with Crippen LogP contribution in [0.1, 0.15) is 51.9 Å². The molecule has 0 radical (unpaired) electrons. The molecule has 1 fully saturated rings. The standard InChI is InChI=1S/C12H26N2/c1-4-8-11(13)12(14(2)3)9-6-5-7-10-12/h11H,4-10,13H2,1-3H3. The van der Waals surface area contributed by atoms with Crippen LogP contribution in [0.2, 0.25) is 0 Å². The first-order valence-electron chi connectivity index (χ1n) is 6.06. The molecule has 2 heteroatoms. The van der Waals surface area contributed by atoms with Gasteiger partial charge in [0.25, 0.3) is 0 Å². The highest BCUT2D eigenvalue weighted by Gasteiger charge is 2.39. The summed E-state index contributed by atoms with van der Waals surface area (Å²) in [4.78, 5) is 2.38. The summed E-state index contributed by atoms with van der Waals surface area (Å²) in [5.74, 6) is 0. The Morgan fingerprint density at radius 3 is 2.21 bits per heavy atom. The molecule has 1 aliphatic carbocycles. The highest BCUT2D eigenvalue weighted by Crippen LogP contribution is 2.35. The molecule has 2 N–H and O–H groups in total. The van der Waals surface area contributed by atoms with E-state index in [2.05, 4.69) is 25.9 Å². The van der Waals surface area contributed by atoms with Gasteiger partial charge in [-0.05, 0) is 33.4 Å². The molecule has 1 unspecified atom stereocenters. The Kier molecular flexibility index (Phi) is 4.39. The maximum absolute atomic E-state index is 6.35. The highest BCUT2D eigenvalue weighted by molar-refractivity contribution is 4.98. The maximum atomic E-state index is 6.35. The Labute approximate surface area is 88.8 Å². The second kappa shape index (κ2) is 5.13. The van der Waals surface area contributed by atoms with Crippen molar-refractivity contribution in [3.8, 4) is 0 Å². The molecule has 84 valence electrons. The van der Waals surface area contributed by atoms with E-state index in [9.17, 15) is 0 Å². The van der Waals surface area contributed by atoms with Gasteiger partial charge in [0.15, 0.2) is 0 Å². The van der Waals surface area contributed by atoms with Gasteiger partial charge in [0.1, 0.15) is 0 Å². The number of nitrogens with two attached hydrogens (primary N) is 1. The van der Waals surface area contributed by atoms with Crippen LogP contribution in [0.15, 0.2) is 0 Å². The molecule has 0 heterocycles. The fraction of sp³-hybridized carbons (Fsp3) is 1.00. The molecule has 0 aliphatic heterocycles. The van der Waals surface area contributed by atoms with Crippen molar-refractivity contribution in [3.63, 3.8) is 0 Å². The number of rotatable bonds is 4. The zero-order valence-corrected chi connectivity index (χ0v) is 10.1. The zero-order valence-electron chi connectivity index (χ0n) is 10.1. The van der Waals surface area contributed by atoms with Gasteiger partial charge in [0.05, 0.1) is 0 Å². The van der Waals surface area contributed by atoms with E-state index in [0.717, 1.165) is 6.42 Å². The van der Waals surface area contributed by atoms with Gasteiger partial charge < -0.3 is 10.6 Å². The van der Waals surface area contributed by atoms with Crippen molar-refractivity contribution >= 4 is 0 Å². The largest absolute Gasteiger partial charge is 0.326 e. The summed E-state index contributed by atoms with van der Waals surface area (Å²) in [5, 5.41) is 0. The van der Waals surface area contributed by atoms with E-state index in [1.165, 1.54) is 38.5 Å². The molecule has 1 atom stereocenters. The topological polar surface area (TPSA) is 29.3 Å². The SMILES string of the molecule is CCCC(N)C1(N(C)C)CCCCC1. The van der Waals surface area contributed by atoms with Crippen LogP contribution in [-0.2, 0) is 0 Å². The molecular formula is C12H26N2. The molecule has 0 saturated heterocycles. The van der Waals surface area contributed by atoms with E-state index < -0.39 is 0 Å². The van der Waals surface area contributed by atoms with Gasteiger partial charge in [-0.2, -0.15) is 0 Å². The molecule has 1 rings (SSSR count). The predicted octanol–water partition coefficient (Wildman–Crippen LogP) is 2.38. The fourth-order valence-corrected chi connectivity index (χ4v) is 2.89. The molecule has 0 aromatic heterocycles. The minimum absolute atomic E-state index is 0.300. The molecule has 2 nitrogen and oxygen atoms in total. The Morgan fingerprint density at radius 2 is 1.79 bits per heavy atom. The normalized spacial score (nSPS) is 23.8. The summed E-state index contributed by atoms with van der Waals surface area (Å²) in [6.45, 7) is 2.23. The van der Waals surface area contributed by atoms with Crippen LogP contribution < -0.4 is 5.73 Å². The Hall–Kier alpha value is -0.0800. The van der Waals surface area contributed by atoms with Gasteiger partial charge in [0, 0.05) is 11.6 Å². The number of likely N-dealkylation sites (N-methyl/N-ethyl adjacent to an activating group) is 1. The third-order valence-corrected chi connectivity index (χ3v) is 3.90. The summed E-state index contributed by atoms with van der Waals surface area (Å²) in [7, 11) is 4.39. The van der Waals surface area contributed by atoms with Gasteiger partial charge >= 0.3 is 0 Å². The third-order valence-electron chi connectivity index (χ3n) is 3.90. The Morgan fingerprint density at radius 1 is 1.21 bits per heavy atom. The van der Waals surface area contributed by atoms with Crippen molar-refractivity contribution in [1.29, 1.82) is 0 Å². The van der Waals surface area contributed by atoms with Crippen LogP contribution in [-0.4, -0.2) is 30.6 Å². The lowest BCUT2D eigenvalue weighted by molar-refractivity contribution is 0.0682. The highest BCUT2D eigenvalue weighted by atomic mass is 15.2. The summed E-state index contributed by atoms with van der Waals surface area (Å²) in [5.41, 5.74) is 6.65. The summed E-state index contributed by atoms with van der Waals surface area (Å²) in [6.07, 6.45) is 9.07. The van der Waals surface area contributed by atoms with Gasteiger partial charge in [0.2, 0.25) is 0 Å². The third kappa shape index (κ3) is 2.29. The number of nitrogens with zero attached hydrogens (tertiary/aromatic N) is 1. The molecule has 0 spiro atoms. The molecule has 0 bridgehead atoms. The molecule has 0 aromatic rings. The van der Waals surface area contributed by atoms with Crippen LogP contribution in [0.5, 0.6) is 0 Å². The lowest BCUT2D eigenvalue weighted by Crippen LogP contribution is -2.58. The fourth-order valence-electron chi connectivity index (χ4n) is 2.89. The first-order valence-corrected chi connectivity index (χ1v) is 6.06. The zero-order chi connectivity index (χ0) is 10.6. The summed E-state index contributed by atoms with van der Waals surface area (Å²) < 4.78 is 0. The quantitative estimate of drug-likeness (QED) is 0.751. The van der Waals surface area contributed by atoms with Gasteiger partial charge in [-0.3, -0.25) is 0 Å². The molecule has 0 amide bonds. The Bertz CT molecular complexity index is 160. The summed E-state index contributed by atoms with van der Waals surface area (Å²) >= 11 is 0.